The lowest BCUT2D eigenvalue weighted by Gasteiger charge is -2.18. The predicted molar refractivity (Wildman–Crippen MR) is 48.3 cm³/mol. The summed E-state index contributed by atoms with van der Waals surface area (Å²) in [5.74, 6) is 0. The quantitative estimate of drug-likeness (QED) is 0.662. The van der Waals surface area contributed by atoms with Gasteiger partial charge in [0.1, 0.15) is 5.60 Å². The fourth-order valence-corrected chi connectivity index (χ4v) is 1.46. The van der Waals surface area contributed by atoms with Crippen molar-refractivity contribution >= 4 is 6.21 Å². The summed E-state index contributed by atoms with van der Waals surface area (Å²) in [6.45, 7) is 0.728. The molecule has 1 N–H and O–H groups in total. The van der Waals surface area contributed by atoms with Gasteiger partial charge in [0.2, 0.25) is 0 Å². The summed E-state index contributed by atoms with van der Waals surface area (Å²) in [5, 5.41) is 10.0. The van der Waals surface area contributed by atoms with Gasteiger partial charge in [-0.2, -0.15) is 0 Å². The molecule has 0 saturated carbocycles. The van der Waals surface area contributed by atoms with Crippen LogP contribution in [0.5, 0.6) is 0 Å². The lowest BCUT2D eigenvalue weighted by molar-refractivity contribution is 0.118. The summed E-state index contributed by atoms with van der Waals surface area (Å²) in [7, 11) is 0. The van der Waals surface area contributed by atoms with E-state index < -0.39 is 5.60 Å². The van der Waals surface area contributed by atoms with Crippen molar-refractivity contribution < 1.29 is 5.11 Å². The van der Waals surface area contributed by atoms with E-state index in [1.54, 1.807) is 6.21 Å². The van der Waals surface area contributed by atoms with Crippen LogP contribution in [0.3, 0.4) is 0 Å². The summed E-state index contributed by atoms with van der Waals surface area (Å²) in [6, 6.07) is 9.66. The maximum Gasteiger partial charge on any atom is 0.126 e. The Kier molecular flexibility index (Phi) is 1.70. The molecule has 0 spiro atoms. The Hall–Kier alpha value is -1.15. The largest absolute Gasteiger partial charge is 0.379 e. The zero-order valence-electron chi connectivity index (χ0n) is 6.77. The third-order valence-corrected chi connectivity index (χ3v) is 2.20. The monoisotopic (exact) mass is 161 g/mol. The molecule has 0 bridgehead atoms. The van der Waals surface area contributed by atoms with Crippen molar-refractivity contribution in [3.8, 4) is 0 Å². The van der Waals surface area contributed by atoms with Crippen LogP contribution in [0.4, 0.5) is 0 Å². The lowest BCUT2D eigenvalue weighted by atomic mass is 9.94. The molecule has 1 atom stereocenters. The SMILES string of the molecule is OC1(c2ccccc2)C=NCC1. The molecule has 1 aliphatic heterocycles. The number of rotatable bonds is 1. The zero-order chi connectivity index (χ0) is 8.44. The summed E-state index contributed by atoms with van der Waals surface area (Å²) in [6.07, 6.45) is 2.35. The van der Waals surface area contributed by atoms with E-state index in [2.05, 4.69) is 4.99 Å². The van der Waals surface area contributed by atoms with Gasteiger partial charge in [0, 0.05) is 19.2 Å². The van der Waals surface area contributed by atoms with Gasteiger partial charge in [-0.25, -0.2) is 0 Å². The van der Waals surface area contributed by atoms with Gasteiger partial charge in [-0.15, -0.1) is 0 Å². The van der Waals surface area contributed by atoms with Gasteiger partial charge in [0.05, 0.1) is 0 Å². The van der Waals surface area contributed by atoms with E-state index in [9.17, 15) is 5.11 Å². The molecule has 2 heteroatoms. The maximum atomic E-state index is 10.0. The molecular formula is C10H11NO. The molecular weight excluding hydrogens is 150 g/mol. The first kappa shape index (κ1) is 7.50. The molecule has 0 aliphatic carbocycles. The Balaban J connectivity index is 2.36. The number of aliphatic imine (C=N–C) groups is 1. The molecule has 1 aromatic rings. The van der Waals surface area contributed by atoms with Crippen LogP contribution in [0.1, 0.15) is 12.0 Å². The highest BCUT2D eigenvalue weighted by atomic mass is 16.3. The predicted octanol–water partition coefficient (Wildman–Crippen LogP) is 1.35. The Morgan fingerprint density at radius 2 is 2.00 bits per heavy atom. The normalized spacial score (nSPS) is 27.8. The van der Waals surface area contributed by atoms with Gasteiger partial charge in [-0.05, 0) is 5.56 Å². The van der Waals surface area contributed by atoms with E-state index in [4.69, 9.17) is 0 Å². The van der Waals surface area contributed by atoms with Crippen LogP contribution in [0.15, 0.2) is 35.3 Å². The first-order chi connectivity index (χ1) is 5.81. The van der Waals surface area contributed by atoms with Crippen LogP contribution in [-0.4, -0.2) is 17.9 Å². The lowest BCUT2D eigenvalue weighted by Crippen LogP contribution is -2.24. The molecule has 1 unspecified atom stereocenters. The van der Waals surface area contributed by atoms with E-state index in [0.29, 0.717) is 6.42 Å². The summed E-state index contributed by atoms with van der Waals surface area (Å²) >= 11 is 0. The van der Waals surface area contributed by atoms with Crippen molar-refractivity contribution in [2.24, 2.45) is 4.99 Å². The van der Waals surface area contributed by atoms with Crippen LogP contribution >= 0.6 is 0 Å². The van der Waals surface area contributed by atoms with E-state index in [-0.39, 0.29) is 0 Å². The van der Waals surface area contributed by atoms with Crippen molar-refractivity contribution in [2.75, 3.05) is 6.54 Å². The Labute approximate surface area is 71.6 Å². The van der Waals surface area contributed by atoms with Gasteiger partial charge in [-0.3, -0.25) is 4.99 Å². The maximum absolute atomic E-state index is 10.0. The third kappa shape index (κ3) is 1.14. The van der Waals surface area contributed by atoms with Gasteiger partial charge < -0.3 is 5.11 Å². The minimum atomic E-state index is -0.804. The minimum absolute atomic E-state index is 0.705. The van der Waals surface area contributed by atoms with Crippen LogP contribution in [0.25, 0.3) is 0 Å². The molecule has 62 valence electrons. The Morgan fingerprint density at radius 1 is 1.25 bits per heavy atom. The highest BCUT2D eigenvalue weighted by Crippen LogP contribution is 2.26. The first-order valence-corrected chi connectivity index (χ1v) is 4.10. The number of benzene rings is 1. The van der Waals surface area contributed by atoms with Gasteiger partial charge in [0.25, 0.3) is 0 Å². The van der Waals surface area contributed by atoms with E-state index in [1.165, 1.54) is 0 Å². The fraction of sp³-hybridized carbons (Fsp3) is 0.300. The van der Waals surface area contributed by atoms with Crippen LogP contribution in [-0.2, 0) is 5.60 Å². The highest BCUT2D eigenvalue weighted by molar-refractivity contribution is 5.73. The highest BCUT2D eigenvalue weighted by Gasteiger charge is 2.29. The van der Waals surface area contributed by atoms with Crippen LogP contribution in [0.2, 0.25) is 0 Å². The van der Waals surface area contributed by atoms with Crippen molar-refractivity contribution in [2.45, 2.75) is 12.0 Å². The first-order valence-electron chi connectivity index (χ1n) is 4.10. The second-order valence-corrected chi connectivity index (χ2v) is 3.08. The second-order valence-electron chi connectivity index (χ2n) is 3.08. The summed E-state index contributed by atoms with van der Waals surface area (Å²) in [4.78, 5) is 4.04. The van der Waals surface area contributed by atoms with Crippen molar-refractivity contribution in [1.29, 1.82) is 0 Å². The molecule has 0 fully saturated rings. The van der Waals surface area contributed by atoms with Crippen molar-refractivity contribution in [3.63, 3.8) is 0 Å². The third-order valence-electron chi connectivity index (χ3n) is 2.20. The number of aliphatic hydroxyl groups is 1. The van der Waals surface area contributed by atoms with E-state index in [0.717, 1.165) is 12.1 Å². The van der Waals surface area contributed by atoms with Gasteiger partial charge in [-0.1, -0.05) is 30.3 Å². The molecule has 0 amide bonds. The molecule has 0 saturated heterocycles. The average Bonchev–Trinajstić information content (AvgIpc) is 2.55. The molecule has 0 radical (unpaired) electrons. The fourth-order valence-electron chi connectivity index (χ4n) is 1.46. The molecule has 2 nitrogen and oxygen atoms in total. The molecule has 1 aliphatic rings. The van der Waals surface area contributed by atoms with Crippen LogP contribution < -0.4 is 0 Å². The number of nitrogens with zero attached hydrogens (tertiary/aromatic N) is 1. The minimum Gasteiger partial charge on any atom is -0.379 e. The molecule has 2 rings (SSSR count). The topological polar surface area (TPSA) is 32.6 Å². The standard InChI is InChI=1S/C10H11NO/c12-10(6-7-11-8-10)9-4-2-1-3-5-9/h1-5,8,12H,6-7H2. The molecule has 1 heterocycles. The summed E-state index contributed by atoms with van der Waals surface area (Å²) in [5.41, 5.74) is 0.132. The smallest absolute Gasteiger partial charge is 0.126 e. The molecule has 12 heavy (non-hydrogen) atoms. The number of hydrogen-bond acceptors (Lipinski definition) is 2. The average molecular weight is 161 g/mol. The van der Waals surface area contributed by atoms with Crippen molar-refractivity contribution in [1.82, 2.24) is 0 Å². The zero-order valence-corrected chi connectivity index (χ0v) is 6.77. The molecule has 1 aromatic carbocycles. The Morgan fingerprint density at radius 3 is 2.58 bits per heavy atom. The van der Waals surface area contributed by atoms with Crippen molar-refractivity contribution in [3.05, 3.63) is 35.9 Å². The van der Waals surface area contributed by atoms with E-state index in [1.807, 2.05) is 30.3 Å². The molecule has 0 aromatic heterocycles. The van der Waals surface area contributed by atoms with Gasteiger partial charge in [0.15, 0.2) is 0 Å². The van der Waals surface area contributed by atoms with Crippen LogP contribution in [0, 0.1) is 0 Å². The van der Waals surface area contributed by atoms with E-state index >= 15 is 0 Å². The van der Waals surface area contributed by atoms with Gasteiger partial charge >= 0.3 is 0 Å². The number of hydrogen-bond donors (Lipinski definition) is 1. The Bertz CT molecular complexity index is 294. The summed E-state index contributed by atoms with van der Waals surface area (Å²) < 4.78 is 0. The second kappa shape index (κ2) is 2.72.